The monoisotopic (exact) mass is 344 g/mol. The molecule has 3 rings (SSSR count). The molecule has 5 heteroatoms. The highest BCUT2D eigenvalue weighted by Crippen LogP contribution is 2.30. The third-order valence-corrected chi connectivity index (χ3v) is 4.26. The molecule has 1 N–H and O–H groups in total. The highest BCUT2D eigenvalue weighted by molar-refractivity contribution is 6.30. The Morgan fingerprint density at radius 3 is 2.71 bits per heavy atom. The molecule has 1 amide bonds. The highest BCUT2D eigenvalue weighted by atomic mass is 35.5. The Kier molecular flexibility index (Phi) is 5.07. The van der Waals surface area contributed by atoms with Gasteiger partial charge >= 0.3 is 0 Å². The molecule has 0 unspecified atom stereocenters. The molecule has 4 nitrogen and oxygen atoms in total. The maximum absolute atomic E-state index is 12.5. The van der Waals surface area contributed by atoms with E-state index in [1.165, 1.54) is 5.56 Å². The van der Waals surface area contributed by atoms with Crippen molar-refractivity contribution < 1.29 is 9.53 Å². The van der Waals surface area contributed by atoms with Crippen molar-refractivity contribution in [1.82, 2.24) is 4.90 Å². The summed E-state index contributed by atoms with van der Waals surface area (Å²) in [5.74, 6) is 0.579. The van der Waals surface area contributed by atoms with E-state index in [4.69, 9.17) is 16.3 Å². The second-order valence-electron chi connectivity index (χ2n) is 6.39. The van der Waals surface area contributed by atoms with Gasteiger partial charge in [0.2, 0.25) is 5.91 Å². The van der Waals surface area contributed by atoms with E-state index in [1.807, 2.05) is 50.5 Å². The Labute approximate surface area is 147 Å². The van der Waals surface area contributed by atoms with Crippen molar-refractivity contribution in [2.75, 3.05) is 26.0 Å². The minimum Gasteiger partial charge on any atom is -0.492 e. The van der Waals surface area contributed by atoms with Gasteiger partial charge in [-0.2, -0.15) is 0 Å². The van der Waals surface area contributed by atoms with Crippen LogP contribution in [0.25, 0.3) is 0 Å². The zero-order chi connectivity index (χ0) is 17.1. The number of nitrogens with zero attached hydrogens (tertiary/aromatic N) is 1. The van der Waals surface area contributed by atoms with E-state index in [1.54, 1.807) is 6.07 Å². The van der Waals surface area contributed by atoms with Crippen LogP contribution in [0.3, 0.4) is 0 Å². The summed E-state index contributed by atoms with van der Waals surface area (Å²) in [5.41, 5.74) is 3.00. The van der Waals surface area contributed by atoms with Gasteiger partial charge in [-0.3, -0.25) is 4.79 Å². The lowest BCUT2D eigenvalue weighted by Gasteiger charge is -2.24. The molecular formula is C19H21ClN2O2. The molecule has 1 aliphatic rings. The van der Waals surface area contributed by atoms with Gasteiger partial charge in [0.1, 0.15) is 12.4 Å². The van der Waals surface area contributed by atoms with E-state index in [0.29, 0.717) is 18.1 Å². The highest BCUT2D eigenvalue weighted by Gasteiger charge is 2.26. The standard InChI is InChI=1S/C19H21ClN2O2/c1-22(2)11-13-3-6-17(7-4-13)21-19(23)15-9-14-10-16(20)5-8-18(14)24-12-15/h3-8,10,15H,9,11-12H2,1-2H3,(H,21,23)/t15-/m0/s1. The summed E-state index contributed by atoms with van der Waals surface area (Å²) in [6.07, 6.45) is 0.639. The van der Waals surface area contributed by atoms with Crippen LogP contribution in [0.1, 0.15) is 11.1 Å². The van der Waals surface area contributed by atoms with Crippen LogP contribution in [0.5, 0.6) is 5.75 Å². The van der Waals surface area contributed by atoms with Crippen molar-refractivity contribution in [1.29, 1.82) is 0 Å². The van der Waals surface area contributed by atoms with Crippen LogP contribution in [0.4, 0.5) is 5.69 Å². The van der Waals surface area contributed by atoms with Crippen LogP contribution in [-0.2, 0) is 17.8 Å². The average molecular weight is 345 g/mol. The van der Waals surface area contributed by atoms with Crippen molar-refractivity contribution in [2.45, 2.75) is 13.0 Å². The van der Waals surface area contributed by atoms with Crippen LogP contribution in [0.15, 0.2) is 42.5 Å². The number of halogens is 1. The molecule has 0 radical (unpaired) electrons. The Morgan fingerprint density at radius 1 is 1.25 bits per heavy atom. The fourth-order valence-corrected chi connectivity index (χ4v) is 3.03. The van der Waals surface area contributed by atoms with Crippen LogP contribution in [0, 0.1) is 5.92 Å². The first-order valence-electron chi connectivity index (χ1n) is 7.97. The first kappa shape index (κ1) is 16.8. The summed E-state index contributed by atoms with van der Waals surface area (Å²) >= 11 is 6.02. The first-order chi connectivity index (χ1) is 11.5. The van der Waals surface area contributed by atoms with Crippen molar-refractivity contribution >= 4 is 23.2 Å². The summed E-state index contributed by atoms with van der Waals surface area (Å²) in [6.45, 7) is 1.27. The predicted molar refractivity (Wildman–Crippen MR) is 96.6 cm³/mol. The summed E-state index contributed by atoms with van der Waals surface area (Å²) in [5, 5.41) is 3.63. The molecule has 0 fully saturated rings. The second-order valence-corrected chi connectivity index (χ2v) is 6.82. The molecule has 0 saturated carbocycles. The van der Waals surface area contributed by atoms with Crippen LogP contribution in [-0.4, -0.2) is 31.5 Å². The Balaban J connectivity index is 1.63. The van der Waals surface area contributed by atoms with Crippen molar-refractivity contribution in [3.63, 3.8) is 0 Å². The number of nitrogens with one attached hydrogen (secondary N) is 1. The fraction of sp³-hybridized carbons (Fsp3) is 0.316. The number of carbonyl (C=O) groups excluding carboxylic acids is 1. The number of fused-ring (bicyclic) bond motifs is 1. The summed E-state index contributed by atoms with van der Waals surface area (Å²) in [7, 11) is 4.06. The van der Waals surface area contributed by atoms with Gasteiger partial charge in [0, 0.05) is 17.3 Å². The van der Waals surface area contributed by atoms with Gasteiger partial charge in [-0.1, -0.05) is 23.7 Å². The van der Waals surface area contributed by atoms with Gasteiger partial charge < -0.3 is 15.0 Å². The normalized spacial score (nSPS) is 16.4. The molecule has 2 aromatic rings. The van der Waals surface area contributed by atoms with E-state index >= 15 is 0 Å². The Hall–Kier alpha value is -2.04. The molecule has 0 aromatic heterocycles. The van der Waals surface area contributed by atoms with E-state index < -0.39 is 0 Å². The largest absolute Gasteiger partial charge is 0.492 e. The minimum atomic E-state index is -0.211. The van der Waals surface area contributed by atoms with Gasteiger partial charge in [0.15, 0.2) is 0 Å². The number of hydrogen-bond donors (Lipinski definition) is 1. The number of amides is 1. The fourth-order valence-electron chi connectivity index (χ4n) is 2.83. The summed E-state index contributed by atoms with van der Waals surface area (Å²) in [6, 6.07) is 13.5. The third-order valence-electron chi connectivity index (χ3n) is 4.02. The maximum Gasteiger partial charge on any atom is 0.231 e. The molecule has 1 atom stereocenters. The zero-order valence-electron chi connectivity index (χ0n) is 13.9. The summed E-state index contributed by atoms with van der Waals surface area (Å²) < 4.78 is 5.69. The molecule has 0 bridgehead atoms. The smallest absolute Gasteiger partial charge is 0.231 e. The van der Waals surface area contributed by atoms with E-state index in [-0.39, 0.29) is 11.8 Å². The van der Waals surface area contributed by atoms with Crippen molar-refractivity contribution in [2.24, 2.45) is 5.92 Å². The number of carbonyl (C=O) groups is 1. The van der Waals surface area contributed by atoms with Crippen LogP contribution in [0.2, 0.25) is 5.02 Å². The van der Waals surface area contributed by atoms with Crippen LogP contribution < -0.4 is 10.1 Å². The van der Waals surface area contributed by atoms with Gasteiger partial charge in [-0.15, -0.1) is 0 Å². The first-order valence-corrected chi connectivity index (χ1v) is 8.35. The minimum absolute atomic E-state index is 0.0269. The molecule has 24 heavy (non-hydrogen) atoms. The van der Waals surface area contributed by atoms with Gasteiger partial charge in [0.25, 0.3) is 0 Å². The molecule has 1 aliphatic heterocycles. The number of rotatable bonds is 4. The SMILES string of the molecule is CN(C)Cc1ccc(NC(=O)[C@@H]2COc3ccc(Cl)cc3C2)cc1. The Morgan fingerprint density at radius 2 is 2.00 bits per heavy atom. The van der Waals surface area contributed by atoms with Gasteiger partial charge in [0.05, 0.1) is 5.92 Å². The van der Waals surface area contributed by atoms with E-state index in [9.17, 15) is 4.79 Å². The van der Waals surface area contributed by atoms with Crippen molar-refractivity contribution in [3.05, 3.63) is 58.6 Å². The number of anilines is 1. The maximum atomic E-state index is 12.5. The molecule has 126 valence electrons. The molecule has 0 spiro atoms. The van der Waals surface area contributed by atoms with Gasteiger partial charge in [-0.25, -0.2) is 0 Å². The molecule has 1 heterocycles. The van der Waals surface area contributed by atoms with Gasteiger partial charge in [-0.05, 0) is 62.0 Å². The average Bonchev–Trinajstić information content (AvgIpc) is 2.55. The molecule has 0 aliphatic carbocycles. The molecular weight excluding hydrogens is 324 g/mol. The Bertz CT molecular complexity index is 729. The summed E-state index contributed by atoms with van der Waals surface area (Å²) in [4.78, 5) is 14.6. The number of ether oxygens (including phenoxy) is 1. The zero-order valence-corrected chi connectivity index (χ0v) is 14.6. The third kappa shape index (κ3) is 4.08. The van der Waals surface area contributed by atoms with E-state index in [2.05, 4.69) is 10.2 Å². The predicted octanol–water partition coefficient (Wildman–Crippen LogP) is 3.59. The lowest BCUT2D eigenvalue weighted by Crippen LogP contribution is -2.32. The quantitative estimate of drug-likeness (QED) is 0.921. The molecule has 2 aromatic carbocycles. The van der Waals surface area contributed by atoms with E-state index in [0.717, 1.165) is 23.5 Å². The second kappa shape index (κ2) is 7.24. The van der Waals surface area contributed by atoms with Crippen molar-refractivity contribution in [3.8, 4) is 5.75 Å². The lowest BCUT2D eigenvalue weighted by molar-refractivity contribution is -0.121. The number of benzene rings is 2. The molecule has 0 saturated heterocycles. The number of hydrogen-bond acceptors (Lipinski definition) is 3. The topological polar surface area (TPSA) is 41.6 Å². The lowest BCUT2D eigenvalue weighted by atomic mass is 9.96. The van der Waals surface area contributed by atoms with Crippen LogP contribution >= 0.6 is 11.6 Å².